The molecule has 35 heavy (non-hydrogen) atoms. The third-order valence-electron chi connectivity index (χ3n) is 5.70. The van der Waals surface area contributed by atoms with Crippen LogP contribution in [0.15, 0.2) is 30.3 Å². The van der Waals surface area contributed by atoms with E-state index in [2.05, 4.69) is 25.6 Å². The van der Waals surface area contributed by atoms with Gasteiger partial charge in [0.2, 0.25) is 5.88 Å². The third-order valence-corrected chi connectivity index (χ3v) is 5.70. The lowest BCUT2D eigenvalue weighted by Gasteiger charge is -2.20. The van der Waals surface area contributed by atoms with Crippen molar-refractivity contribution in [3.63, 3.8) is 0 Å². The van der Waals surface area contributed by atoms with Crippen LogP contribution in [0, 0.1) is 17.0 Å². The number of fused-ring (bicyclic) bond motifs is 1. The van der Waals surface area contributed by atoms with E-state index in [0.717, 1.165) is 36.2 Å². The number of ether oxygens (including phenoxy) is 1. The Balaban J connectivity index is 1.79. The monoisotopic (exact) mass is 488 g/mol. The lowest BCUT2D eigenvalue weighted by molar-refractivity contribution is -0.385. The number of nitro benzene ring substituents is 1. The van der Waals surface area contributed by atoms with E-state index >= 15 is 0 Å². The van der Waals surface area contributed by atoms with Gasteiger partial charge < -0.3 is 15.4 Å². The van der Waals surface area contributed by atoms with Crippen LogP contribution in [-0.2, 0) is 6.18 Å². The van der Waals surface area contributed by atoms with Gasteiger partial charge in [-0.2, -0.15) is 18.2 Å². The molecule has 0 fully saturated rings. The van der Waals surface area contributed by atoms with E-state index in [1.807, 2.05) is 12.1 Å². The summed E-state index contributed by atoms with van der Waals surface area (Å²) >= 11 is 0. The summed E-state index contributed by atoms with van der Waals surface area (Å²) in [6.07, 6.45) is -1.92. The Labute approximate surface area is 198 Å². The van der Waals surface area contributed by atoms with Crippen molar-refractivity contribution < 1.29 is 22.8 Å². The Kier molecular flexibility index (Phi) is 6.57. The standard InChI is InChI=1S/C23H23F3N6O3/c1-12(15-8-16(23(24,25)26)10-17(9-15)32(33)34)28-20-19-11-18(14-4-6-27-7-5-14)22(35-3)31-21(19)30-13(2)29-20/h4,8-12,27H,5-7H2,1-3H3,(H,28,29,30,31)/t12-/m1/s1. The lowest BCUT2D eigenvalue weighted by Crippen LogP contribution is -2.20. The van der Waals surface area contributed by atoms with Crippen LogP contribution in [0.5, 0.6) is 5.88 Å². The molecule has 12 heteroatoms. The van der Waals surface area contributed by atoms with E-state index in [0.29, 0.717) is 41.2 Å². The minimum Gasteiger partial charge on any atom is -0.481 e. The van der Waals surface area contributed by atoms with Crippen LogP contribution in [0.2, 0.25) is 0 Å². The number of nitrogens with one attached hydrogen (secondary N) is 2. The Morgan fingerprint density at radius 1 is 1.20 bits per heavy atom. The molecule has 0 unspecified atom stereocenters. The number of rotatable bonds is 6. The predicted molar refractivity (Wildman–Crippen MR) is 124 cm³/mol. The van der Waals surface area contributed by atoms with E-state index in [1.165, 1.54) is 7.11 Å². The molecule has 3 aromatic rings. The first-order valence-corrected chi connectivity index (χ1v) is 10.8. The summed E-state index contributed by atoms with van der Waals surface area (Å²) in [5.74, 6) is 1.16. The number of methoxy groups -OCH3 is 1. The van der Waals surface area contributed by atoms with Crippen molar-refractivity contribution in [3.05, 3.63) is 63.0 Å². The van der Waals surface area contributed by atoms with Crippen LogP contribution in [0.25, 0.3) is 16.6 Å². The van der Waals surface area contributed by atoms with Gasteiger partial charge in [0.15, 0.2) is 5.65 Å². The smallest absolute Gasteiger partial charge is 0.416 e. The molecule has 1 atom stereocenters. The highest BCUT2D eigenvalue weighted by Gasteiger charge is 2.33. The second-order valence-electron chi connectivity index (χ2n) is 8.15. The summed E-state index contributed by atoms with van der Waals surface area (Å²) < 4.78 is 45.6. The Morgan fingerprint density at radius 3 is 2.60 bits per heavy atom. The molecule has 2 N–H and O–H groups in total. The molecule has 0 saturated carbocycles. The minimum atomic E-state index is -4.73. The average Bonchev–Trinajstić information content (AvgIpc) is 2.82. The van der Waals surface area contributed by atoms with Crippen LogP contribution >= 0.6 is 0 Å². The number of anilines is 1. The average molecular weight is 488 g/mol. The van der Waals surface area contributed by atoms with Crippen molar-refractivity contribution in [2.75, 3.05) is 25.5 Å². The van der Waals surface area contributed by atoms with Crippen LogP contribution in [0.4, 0.5) is 24.7 Å². The summed E-state index contributed by atoms with van der Waals surface area (Å²) in [5, 5.41) is 18.2. The van der Waals surface area contributed by atoms with Crippen LogP contribution in [-0.4, -0.2) is 40.1 Å². The number of nitrogens with zero attached hydrogens (tertiary/aromatic N) is 4. The second-order valence-corrected chi connectivity index (χ2v) is 8.15. The zero-order valence-corrected chi connectivity index (χ0v) is 19.2. The number of nitro groups is 1. The van der Waals surface area contributed by atoms with Crippen LogP contribution in [0.1, 0.15) is 41.9 Å². The van der Waals surface area contributed by atoms with Gasteiger partial charge in [0.1, 0.15) is 11.6 Å². The number of hydrogen-bond donors (Lipinski definition) is 2. The van der Waals surface area contributed by atoms with Crippen molar-refractivity contribution in [1.29, 1.82) is 0 Å². The molecule has 1 aliphatic heterocycles. The normalized spacial score (nSPS) is 15.0. The fourth-order valence-corrected chi connectivity index (χ4v) is 3.95. The molecular weight excluding hydrogens is 465 g/mol. The maximum Gasteiger partial charge on any atom is 0.416 e. The zero-order chi connectivity index (χ0) is 25.3. The number of halogens is 3. The minimum absolute atomic E-state index is 0.0960. The van der Waals surface area contributed by atoms with E-state index in [4.69, 9.17) is 4.74 Å². The van der Waals surface area contributed by atoms with Crippen molar-refractivity contribution in [2.45, 2.75) is 32.5 Å². The Bertz CT molecular complexity index is 1330. The molecule has 0 saturated heterocycles. The first kappa shape index (κ1) is 24.3. The van der Waals surface area contributed by atoms with Crippen LogP contribution < -0.4 is 15.4 Å². The van der Waals surface area contributed by atoms with Crippen molar-refractivity contribution in [2.24, 2.45) is 0 Å². The van der Waals surface area contributed by atoms with Gasteiger partial charge in [0.05, 0.1) is 29.0 Å². The summed E-state index contributed by atoms with van der Waals surface area (Å²) in [4.78, 5) is 23.8. The highest BCUT2D eigenvalue weighted by atomic mass is 19.4. The Morgan fingerprint density at radius 2 is 1.97 bits per heavy atom. The van der Waals surface area contributed by atoms with Gasteiger partial charge in [0, 0.05) is 24.2 Å². The number of aromatic nitrogens is 3. The first-order valence-electron chi connectivity index (χ1n) is 10.8. The van der Waals surface area contributed by atoms with Crippen molar-refractivity contribution in [3.8, 4) is 5.88 Å². The van der Waals surface area contributed by atoms with E-state index in [9.17, 15) is 23.3 Å². The van der Waals surface area contributed by atoms with Gasteiger partial charge in [-0.15, -0.1) is 0 Å². The molecule has 184 valence electrons. The molecule has 0 radical (unpaired) electrons. The molecule has 0 spiro atoms. The van der Waals surface area contributed by atoms with Crippen molar-refractivity contribution >= 4 is 28.1 Å². The fraction of sp³-hybridized carbons (Fsp3) is 0.348. The van der Waals surface area contributed by atoms with Crippen molar-refractivity contribution in [1.82, 2.24) is 20.3 Å². The lowest BCUT2D eigenvalue weighted by atomic mass is 10.00. The molecule has 4 rings (SSSR count). The number of benzene rings is 1. The number of aryl methyl sites for hydroxylation is 1. The van der Waals surface area contributed by atoms with Gasteiger partial charge in [-0.1, -0.05) is 6.08 Å². The molecule has 9 nitrogen and oxygen atoms in total. The first-order chi connectivity index (χ1) is 16.6. The molecule has 0 bridgehead atoms. The maximum atomic E-state index is 13.4. The topological polar surface area (TPSA) is 115 Å². The van der Waals surface area contributed by atoms with Gasteiger partial charge in [0.25, 0.3) is 5.69 Å². The van der Waals surface area contributed by atoms with Crippen LogP contribution in [0.3, 0.4) is 0 Å². The molecule has 0 aliphatic carbocycles. The van der Waals surface area contributed by atoms with Gasteiger partial charge in [-0.25, -0.2) is 9.97 Å². The number of non-ortho nitro benzene ring substituents is 1. The quantitative estimate of drug-likeness (QED) is 0.375. The van der Waals surface area contributed by atoms with Gasteiger partial charge in [-0.3, -0.25) is 10.1 Å². The number of hydrogen-bond acceptors (Lipinski definition) is 8. The molecule has 0 amide bonds. The summed E-state index contributed by atoms with van der Waals surface area (Å²) in [7, 11) is 1.52. The molecule has 2 aromatic heterocycles. The van der Waals surface area contributed by atoms with Gasteiger partial charge in [-0.05, 0) is 50.1 Å². The molecule has 3 heterocycles. The fourth-order valence-electron chi connectivity index (χ4n) is 3.95. The third kappa shape index (κ3) is 5.16. The highest BCUT2D eigenvalue weighted by Crippen LogP contribution is 2.36. The molecule has 1 aromatic carbocycles. The summed E-state index contributed by atoms with van der Waals surface area (Å²) in [5.41, 5.74) is 0.544. The number of pyridine rings is 1. The van der Waals surface area contributed by atoms with E-state index in [1.54, 1.807) is 13.8 Å². The van der Waals surface area contributed by atoms with Gasteiger partial charge >= 0.3 is 6.18 Å². The largest absolute Gasteiger partial charge is 0.481 e. The van der Waals surface area contributed by atoms with E-state index < -0.39 is 28.4 Å². The number of alkyl halides is 3. The maximum absolute atomic E-state index is 13.4. The predicted octanol–water partition coefficient (Wildman–Crippen LogP) is 4.82. The SMILES string of the molecule is COc1nc2nc(C)nc(N[C@H](C)c3cc([N+](=O)[O-])cc(C(F)(F)F)c3)c2cc1C1=CCNCC1. The zero-order valence-electron chi connectivity index (χ0n) is 19.2. The van der Waals surface area contributed by atoms with E-state index in [-0.39, 0.29) is 5.56 Å². The highest BCUT2D eigenvalue weighted by molar-refractivity contribution is 5.91. The Hall–Kier alpha value is -3.80. The summed E-state index contributed by atoms with van der Waals surface area (Å²) in [6, 6.07) is 3.65. The molecular formula is C23H23F3N6O3. The second kappa shape index (κ2) is 9.45. The summed E-state index contributed by atoms with van der Waals surface area (Å²) in [6.45, 7) is 4.78. The molecule has 1 aliphatic rings.